The van der Waals surface area contributed by atoms with Crippen molar-refractivity contribution in [3.05, 3.63) is 63.7 Å². The van der Waals surface area contributed by atoms with Crippen molar-refractivity contribution in [1.82, 2.24) is 5.32 Å². The van der Waals surface area contributed by atoms with Gasteiger partial charge in [-0.2, -0.15) is 0 Å². The fraction of sp³-hybridized carbons (Fsp3) is 0.227. The lowest BCUT2D eigenvalue weighted by molar-refractivity contribution is -0.122. The lowest BCUT2D eigenvalue weighted by Crippen LogP contribution is -2.54. The quantitative estimate of drug-likeness (QED) is 0.440. The molecule has 2 amide bonds. The summed E-state index contributed by atoms with van der Waals surface area (Å²) < 4.78 is 5.62. The summed E-state index contributed by atoms with van der Waals surface area (Å²) >= 11 is 11.5. The molecule has 5 nitrogen and oxygen atoms in total. The van der Waals surface area contributed by atoms with Crippen LogP contribution in [0.5, 0.6) is 5.75 Å². The second-order valence-electron chi connectivity index (χ2n) is 7.10. The van der Waals surface area contributed by atoms with Gasteiger partial charge in [0.15, 0.2) is 5.11 Å². The molecule has 2 aromatic carbocycles. The minimum absolute atomic E-state index is 0.0188. The molecular formula is C22H21ClN2O3S. The highest BCUT2D eigenvalue weighted by Gasteiger charge is 2.35. The van der Waals surface area contributed by atoms with Crippen LogP contribution in [-0.2, 0) is 9.59 Å². The molecule has 0 radical (unpaired) electrons. The van der Waals surface area contributed by atoms with Crippen molar-refractivity contribution in [2.75, 3.05) is 4.90 Å². The summed E-state index contributed by atoms with van der Waals surface area (Å²) in [5.41, 5.74) is 3.18. The van der Waals surface area contributed by atoms with Gasteiger partial charge in [0.2, 0.25) is 0 Å². The summed E-state index contributed by atoms with van der Waals surface area (Å²) in [6.45, 7) is 7.67. The Morgan fingerprint density at radius 2 is 1.86 bits per heavy atom. The van der Waals surface area contributed by atoms with Gasteiger partial charge in [-0.05, 0) is 75.3 Å². The number of ether oxygens (including phenoxy) is 1. The van der Waals surface area contributed by atoms with E-state index in [-0.39, 0.29) is 16.8 Å². The molecule has 150 valence electrons. The maximum Gasteiger partial charge on any atom is 0.270 e. The van der Waals surface area contributed by atoms with Crippen molar-refractivity contribution in [3.63, 3.8) is 0 Å². The second-order valence-corrected chi connectivity index (χ2v) is 7.90. The zero-order chi connectivity index (χ0) is 21.3. The van der Waals surface area contributed by atoms with Gasteiger partial charge in [0.05, 0.1) is 16.8 Å². The van der Waals surface area contributed by atoms with Crippen LogP contribution in [0.2, 0.25) is 5.02 Å². The molecule has 1 saturated heterocycles. The zero-order valence-electron chi connectivity index (χ0n) is 16.6. The molecule has 0 bridgehead atoms. The number of nitrogens with zero attached hydrogens (tertiary/aromatic N) is 1. The van der Waals surface area contributed by atoms with Gasteiger partial charge in [-0.15, -0.1) is 0 Å². The van der Waals surface area contributed by atoms with Crippen molar-refractivity contribution in [3.8, 4) is 5.75 Å². The number of carbonyl (C=O) groups excluding carboxylic acids is 2. The summed E-state index contributed by atoms with van der Waals surface area (Å²) in [6.07, 6.45) is 1.48. The number of nitrogens with one attached hydrogen (secondary N) is 1. The largest absolute Gasteiger partial charge is 0.489 e. The summed E-state index contributed by atoms with van der Waals surface area (Å²) in [5.74, 6) is -0.481. The fourth-order valence-electron chi connectivity index (χ4n) is 3.06. The fourth-order valence-corrected chi connectivity index (χ4v) is 3.56. The number of rotatable bonds is 4. The van der Waals surface area contributed by atoms with Crippen LogP contribution in [0, 0.1) is 13.8 Å². The van der Waals surface area contributed by atoms with Crippen LogP contribution < -0.4 is 15.0 Å². The molecule has 0 aromatic heterocycles. The van der Waals surface area contributed by atoms with E-state index in [1.807, 2.05) is 45.9 Å². The van der Waals surface area contributed by atoms with Gasteiger partial charge in [-0.25, -0.2) is 0 Å². The molecule has 1 aliphatic rings. The third kappa shape index (κ3) is 4.49. The molecule has 0 unspecified atom stereocenters. The monoisotopic (exact) mass is 428 g/mol. The van der Waals surface area contributed by atoms with E-state index in [4.69, 9.17) is 28.6 Å². The Balaban J connectivity index is 1.98. The van der Waals surface area contributed by atoms with E-state index in [0.717, 1.165) is 11.1 Å². The van der Waals surface area contributed by atoms with Gasteiger partial charge in [-0.1, -0.05) is 35.4 Å². The lowest BCUT2D eigenvalue weighted by atomic mass is 10.0. The van der Waals surface area contributed by atoms with Crippen molar-refractivity contribution in [1.29, 1.82) is 0 Å². The third-order valence-corrected chi connectivity index (χ3v) is 4.90. The number of hydrogen-bond donors (Lipinski definition) is 1. The first-order valence-electron chi connectivity index (χ1n) is 9.12. The standard InChI is InChI=1S/C22H21ClN2O3S/c1-12(2)28-19-8-6-15(11-17(19)23)10-16-20(26)24-22(29)25(21(16)27)18-7-5-13(3)9-14(18)4/h5-12H,1-4H3,(H,24,26,29)/b16-10+. The third-order valence-electron chi connectivity index (χ3n) is 4.32. The van der Waals surface area contributed by atoms with Gasteiger partial charge in [0.25, 0.3) is 11.8 Å². The van der Waals surface area contributed by atoms with Crippen molar-refractivity contribution < 1.29 is 14.3 Å². The molecule has 7 heteroatoms. The van der Waals surface area contributed by atoms with Crippen LogP contribution in [0.4, 0.5) is 5.69 Å². The number of amides is 2. The van der Waals surface area contributed by atoms with Crippen LogP contribution in [0.3, 0.4) is 0 Å². The summed E-state index contributed by atoms with van der Waals surface area (Å²) in [5, 5.41) is 3.05. The highest BCUT2D eigenvalue weighted by molar-refractivity contribution is 7.80. The van der Waals surface area contributed by atoms with E-state index in [2.05, 4.69) is 5.32 Å². The Labute approximate surface area is 180 Å². The highest BCUT2D eigenvalue weighted by atomic mass is 35.5. The second kappa shape index (κ2) is 8.35. The molecule has 29 heavy (non-hydrogen) atoms. The van der Waals surface area contributed by atoms with E-state index >= 15 is 0 Å². The molecule has 0 atom stereocenters. The predicted molar refractivity (Wildman–Crippen MR) is 119 cm³/mol. The first-order valence-corrected chi connectivity index (χ1v) is 9.91. The molecule has 0 aliphatic carbocycles. The van der Waals surface area contributed by atoms with Crippen LogP contribution in [0.25, 0.3) is 6.08 Å². The average molecular weight is 429 g/mol. The van der Waals surface area contributed by atoms with Gasteiger partial charge in [0, 0.05) is 0 Å². The first kappa shape index (κ1) is 21.0. The minimum atomic E-state index is -0.542. The molecule has 3 rings (SSSR count). The Bertz CT molecular complexity index is 1050. The molecule has 0 saturated carbocycles. The maximum absolute atomic E-state index is 13.1. The molecule has 1 heterocycles. The highest BCUT2D eigenvalue weighted by Crippen LogP contribution is 2.29. The van der Waals surface area contributed by atoms with Crippen molar-refractivity contribution in [2.24, 2.45) is 0 Å². The number of hydrogen-bond acceptors (Lipinski definition) is 4. The summed E-state index contributed by atoms with van der Waals surface area (Å²) in [6, 6.07) is 10.8. The van der Waals surface area contributed by atoms with Gasteiger partial charge >= 0.3 is 0 Å². The zero-order valence-corrected chi connectivity index (χ0v) is 18.1. The van der Waals surface area contributed by atoms with E-state index in [1.165, 1.54) is 11.0 Å². The number of anilines is 1. The van der Waals surface area contributed by atoms with E-state index in [9.17, 15) is 9.59 Å². The topological polar surface area (TPSA) is 58.6 Å². The number of benzene rings is 2. The number of thiocarbonyl (C=S) groups is 1. The normalized spacial score (nSPS) is 15.9. The number of aryl methyl sites for hydroxylation is 2. The van der Waals surface area contributed by atoms with Gasteiger partial charge in [-0.3, -0.25) is 19.8 Å². The smallest absolute Gasteiger partial charge is 0.270 e. The van der Waals surface area contributed by atoms with Gasteiger partial charge in [0.1, 0.15) is 11.3 Å². The number of carbonyl (C=O) groups is 2. The van der Waals surface area contributed by atoms with Crippen molar-refractivity contribution in [2.45, 2.75) is 33.8 Å². The Morgan fingerprint density at radius 1 is 1.14 bits per heavy atom. The molecule has 0 spiro atoms. The summed E-state index contributed by atoms with van der Waals surface area (Å²) in [4.78, 5) is 26.9. The Kier molecular flexibility index (Phi) is 6.05. The molecular weight excluding hydrogens is 408 g/mol. The average Bonchev–Trinajstić information content (AvgIpc) is 2.62. The Hall–Kier alpha value is -2.70. The maximum atomic E-state index is 13.1. The molecule has 2 aromatic rings. The SMILES string of the molecule is Cc1ccc(N2C(=O)/C(=C/c3ccc(OC(C)C)c(Cl)c3)C(=O)NC2=S)c(C)c1. The van der Waals surface area contributed by atoms with E-state index in [0.29, 0.717) is 22.0 Å². The van der Waals surface area contributed by atoms with Crippen LogP contribution in [-0.4, -0.2) is 23.0 Å². The van der Waals surface area contributed by atoms with Gasteiger partial charge < -0.3 is 4.74 Å². The molecule has 1 N–H and O–H groups in total. The summed E-state index contributed by atoms with van der Waals surface area (Å²) in [7, 11) is 0. The predicted octanol–water partition coefficient (Wildman–Crippen LogP) is 4.58. The van der Waals surface area contributed by atoms with E-state index < -0.39 is 11.8 Å². The minimum Gasteiger partial charge on any atom is -0.489 e. The van der Waals surface area contributed by atoms with Crippen LogP contribution >= 0.6 is 23.8 Å². The lowest BCUT2D eigenvalue weighted by Gasteiger charge is -2.30. The number of halogens is 1. The Morgan fingerprint density at radius 3 is 2.48 bits per heavy atom. The molecule has 1 aliphatic heterocycles. The van der Waals surface area contributed by atoms with Crippen LogP contribution in [0.1, 0.15) is 30.5 Å². The van der Waals surface area contributed by atoms with Crippen LogP contribution in [0.15, 0.2) is 42.0 Å². The first-order chi connectivity index (χ1) is 13.7. The van der Waals surface area contributed by atoms with Crippen molar-refractivity contribution >= 4 is 52.5 Å². The molecule has 1 fully saturated rings. The van der Waals surface area contributed by atoms with E-state index in [1.54, 1.807) is 18.2 Å².